The number of urea groups is 1. The number of benzene rings is 1. The molecule has 1 heterocycles. The third-order valence-electron chi connectivity index (χ3n) is 3.14. The summed E-state index contributed by atoms with van der Waals surface area (Å²) in [5.41, 5.74) is 0.700. The Morgan fingerprint density at radius 3 is 2.65 bits per heavy atom. The van der Waals surface area contributed by atoms with Gasteiger partial charge in [-0.05, 0) is 32.9 Å². The number of morpholine rings is 1. The summed E-state index contributed by atoms with van der Waals surface area (Å²) in [7, 11) is 0. The standard InChI is InChI=1S/C15H22N2O3/c1-4-19-14-8-6-5-7-13(14)16-15(18)17-9-11(2)20-12(3)10-17/h5-8,11-12H,4,9-10H2,1-3H3,(H,16,18)/t11-,12-/m1/s1. The van der Waals surface area contributed by atoms with E-state index in [9.17, 15) is 4.79 Å². The van der Waals surface area contributed by atoms with Crippen molar-refractivity contribution >= 4 is 11.7 Å². The highest BCUT2D eigenvalue weighted by molar-refractivity contribution is 5.91. The van der Waals surface area contributed by atoms with Crippen LogP contribution < -0.4 is 10.1 Å². The molecular weight excluding hydrogens is 256 g/mol. The summed E-state index contributed by atoms with van der Waals surface area (Å²) in [6.45, 7) is 7.65. The van der Waals surface area contributed by atoms with E-state index in [2.05, 4.69) is 5.32 Å². The van der Waals surface area contributed by atoms with Gasteiger partial charge in [0.25, 0.3) is 0 Å². The van der Waals surface area contributed by atoms with Crippen LogP contribution in [0.4, 0.5) is 10.5 Å². The van der Waals surface area contributed by atoms with Gasteiger partial charge in [0.15, 0.2) is 0 Å². The lowest BCUT2D eigenvalue weighted by Crippen LogP contribution is -2.49. The van der Waals surface area contributed by atoms with Crippen molar-refractivity contribution in [3.05, 3.63) is 24.3 Å². The van der Waals surface area contributed by atoms with Crippen molar-refractivity contribution in [1.82, 2.24) is 4.90 Å². The molecule has 2 rings (SSSR count). The van der Waals surface area contributed by atoms with Gasteiger partial charge in [-0.3, -0.25) is 0 Å². The minimum Gasteiger partial charge on any atom is -0.492 e. The smallest absolute Gasteiger partial charge is 0.322 e. The number of hydrogen-bond donors (Lipinski definition) is 1. The number of nitrogens with zero attached hydrogens (tertiary/aromatic N) is 1. The third-order valence-corrected chi connectivity index (χ3v) is 3.14. The van der Waals surface area contributed by atoms with Crippen LogP contribution in [-0.4, -0.2) is 42.8 Å². The zero-order valence-corrected chi connectivity index (χ0v) is 12.3. The first kappa shape index (κ1) is 14.7. The van der Waals surface area contributed by atoms with Crippen molar-refractivity contribution in [1.29, 1.82) is 0 Å². The number of nitrogens with one attached hydrogen (secondary N) is 1. The molecule has 5 heteroatoms. The second-order valence-electron chi connectivity index (χ2n) is 5.02. The average molecular weight is 278 g/mol. The van der Waals surface area contributed by atoms with E-state index < -0.39 is 0 Å². The van der Waals surface area contributed by atoms with Gasteiger partial charge in [-0.25, -0.2) is 4.79 Å². The van der Waals surface area contributed by atoms with Gasteiger partial charge in [-0.1, -0.05) is 12.1 Å². The molecule has 0 unspecified atom stereocenters. The highest BCUT2D eigenvalue weighted by atomic mass is 16.5. The van der Waals surface area contributed by atoms with Crippen LogP contribution >= 0.6 is 0 Å². The summed E-state index contributed by atoms with van der Waals surface area (Å²) in [5.74, 6) is 0.692. The molecule has 0 radical (unpaired) electrons. The van der Waals surface area contributed by atoms with E-state index in [0.29, 0.717) is 31.1 Å². The molecule has 0 spiro atoms. The molecule has 1 aliphatic heterocycles. The van der Waals surface area contributed by atoms with Crippen LogP contribution in [0.15, 0.2) is 24.3 Å². The third kappa shape index (κ3) is 3.63. The topological polar surface area (TPSA) is 50.8 Å². The normalized spacial score (nSPS) is 22.4. The summed E-state index contributed by atoms with van der Waals surface area (Å²) in [6.07, 6.45) is 0.123. The summed E-state index contributed by atoms with van der Waals surface area (Å²) in [5, 5.41) is 2.91. The molecule has 0 aliphatic carbocycles. The number of carbonyl (C=O) groups excluding carboxylic acids is 1. The average Bonchev–Trinajstić information content (AvgIpc) is 2.40. The summed E-state index contributed by atoms with van der Waals surface area (Å²) < 4.78 is 11.1. The molecule has 1 aromatic carbocycles. The Kier molecular flexibility index (Phi) is 4.84. The Hall–Kier alpha value is -1.75. The predicted molar refractivity (Wildman–Crippen MR) is 78.2 cm³/mol. The van der Waals surface area contributed by atoms with E-state index in [4.69, 9.17) is 9.47 Å². The Morgan fingerprint density at radius 1 is 1.35 bits per heavy atom. The van der Waals surface area contributed by atoms with Crippen molar-refractivity contribution in [2.45, 2.75) is 33.0 Å². The Balaban J connectivity index is 2.04. The zero-order valence-electron chi connectivity index (χ0n) is 12.3. The maximum Gasteiger partial charge on any atom is 0.322 e. The summed E-state index contributed by atoms with van der Waals surface area (Å²) in [6, 6.07) is 7.35. The first-order valence-corrected chi connectivity index (χ1v) is 7.03. The van der Waals surface area contributed by atoms with Crippen molar-refractivity contribution < 1.29 is 14.3 Å². The Morgan fingerprint density at radius 2 is 2.00 bits per heavy atom. The number of para-hydroxylation sites is 2. The van der Waals surface area contributed by atoms with Gasteiger partial charge in [-0.2, -0.15) is 0 Å². The lowest BCUT2D eigenvalue weighted by Gasteiger charge is -2.35. The van der Waals surface area contributed by atoms with Gasteiger partial charge in [-0.15, -0.1) is 0 Å². The van der Waals surface area contributed by atoms with Gasteiger partial charge in [0.1, 0.15) is 5.75 Å². The van der Waals surface area contributed by atoms with Crippen LogP contribution in [0.5, 0.6) is 5.75 Å². The van der Waals surface area contributed by atoms with Crippen LogP contribution in [-0.2, 0) is 4.74 Å². The van der Waals surface area contributed by atoms with Crippen molar-refractivity contribution in [3.63, 3.8) is 0 Å². The molecular formula is C15H22N2O3. The fraction of sp³-hybridized carbons (Fsp3) is 0.533. The molecule has 1 aliphatic rings. The van der Waals surface area contributed by atoms with Crippen molar-refractivity contribution in [2.24, 2.45) is 0 Å². The number of carbonyl (C=O) groups is 1. The number of hydrogen-bond acceptors (Lipinski definition) is 3. The number of anilines is 1. The maximum atomic E-state index is 12.3. The molecule has 110 valence electrons. The van der Waals surface area contributed by atoms with Crippen LogP contribution in [0, 0.1) is 0 Å². The van der Waals surface area contributed by atoms with Gasteiger partial charge in [0.05, 0.1) is 24.5 Å². The molecule has 1 fully saturated rings. The molecule has 1 saturated heterocycles. The molecule has 0 aromatic heterocycles. The molecule has 0 bridgehead atoms. The lowest BCUT2D eigenvalue weighted by atomic mass is 10.2. The summed E-state index contributed by atoms with van der Waals surface area (Å²) >= 11 is 0. The van der Waals surface area contributed by atoms with E-state index >= 15 is 0 Å². The highest BCUT2D eigenvalue weighted by Crippen LogP contribution is 2.24. The van der Waals surface area contributed by atoms with Gasteiger partial charge >= 0.3 is 6.03 Å². The zero-order chi connectivity index (χ0) is 14.5. The summed E-state index contributed by atoms with van der Waals surface area (Å²) in [4.78, 5) is 14.1. The first-order chi connectivity index (χ1) is 9.60. The minimum absolute atomic E-state index is 0.0617. The molecule has 20 heavy (non-hydrogen) atoms. The monoisotopic (exact) mass is 278 g/mol. The first-order valence-electron chi connectivity index (χ1n) is 7.03. The quantitative estimate of drug-likeness (QED) is 0.925. The molecule has 2 atom stereocenters. The van der Waals surface area contributed by atoms with Gasteiger partial charge in [0.2, 0.25) is 0 Å². The minimum atomic E-state index is -0.112. The van der Waals surface area contributed by atoms with Crippen LogP contribution in [0.3, 0.4) is 0 Å². The van der Waals surface area contributed by atoms with E-state index in [-0.39, 0.29) is 18.2 Å². The number of ether oxygens (including phenoxy) is 2. The van der Waals surface area contributed by atoms with Crippen LogP contribution in [0.2, 0.25) is 0 Å². The van der Waals surface area contributed by atoms with Gasteiger partial charge < -0.3 is 19.7 Å². The lowest BCUT2D eigenvalue weighted by molar-refractivity contribution is -0.0530. The molecule has 1 aromatic rings. The number of amides is 2. The van der Waals surface area contributed by atoms with E-state index in [1.54, 1.807) is 4.90 Å². The second-order valence-corrected chi connectivity index (χ2v) is 5.02. The fourth-order valence-corrected chi connectivity index (χ4v) is 2.39. The fourth-order valence-electron chi connectivity index (χ4n) is 2.39. The largest absolute Gasteiger partial charge is 0.492 e. The second kappa shape index (κ2) is 6.61. The Bertz CT molecular complexity index is 454. The van der Waals surface area contributed by atoms with Crippen LogP contribution in [0.1, 0.15) is 20.8 Å². The molecule has 1 N–H and O–H groups in total. The van der Waals surface area contributed by atoms with Crippen LogP contribution in [0.25, 0.3) is 0 Å². The maximum absolute atomic E-state index is 12.3. The van der Waals surface area contributed by atoms with Crippen molar-refractivity contribution in [3.8, 4) is 5.75 Å². The highest BCUT2D eigenvalue weighted by Gasteiger charge is 2.26. The predicted octanol–water partition coefficient (Wildman–Crippen LogP) is 2.73. The van der Waals surface area contributed by atoms with E-state index in [1.165, 1.54) is 0 Å². The number of rotatable bonds is 3. The van der Waals surface area contributed by atoms with Crippen molar-refractivity contribution in [2.75, 3.05) is 25.0 Å². The Labute approximate surface area is 119 Å². The SMILES string of the molecule is CCOc1ccccc1NC(=O)N1C[C@@H](C)O[C@H](C)C1. The molecule has 2 amide bonds. The molecule has 0 saturated carbocycles. The van der Waals surface area contributed by atoms with Gasteiger partial charge in [0, 0.05) is 13.1 Å². The molecule has 5 nitrogen and oxygen atoms in total. The van der Waals surface area contributed by atoms with E-state index in [1.807, 2.05) is 45.0 Å². The van der Waals surface area contributed by atoms with E-state index in [0.717, 1.165) is 0 Å².